The molecule has 0 aromatic heterocycles. The Bertz CT molecular complexity index is 1380. The number of amides is 1. The first-order valence-electron chi connectivity index (χ1n) is 33.0. The van der Waals surface area contributed by atoms with Crippen molar-refractivity contribution in [2.45, 2.75) is 334 Å². The van der Waals surface area contributed by atoms with Crippen LogP contribution in [0.2, 0.25) is 0 Å². The van der Waals surface area contributed by atoms with Crippen molar-refractivity contribution in [1.29, 1.82) is 0 Å². The van der Waals surface area contributed by atoms with E-state index in [4.69, 9.17) is 9.05 Å². The summed E-state index contributed by atoms with van der Waals surface area (Å²) >= 11 is 0. The maximum Gasteiger partial charge on any atom is 0.472 e. The summed E-state index contributed by atoms with van der Waals surface area (Å²) < 4.78 is 23.7. The van der Waals surface area contributed by atoms with Gasteiger partial charge in [0.15, 0.2) is 0 Å². The molecule has 0 spiro atoms. The van der Waals surface area contributed by atoms with Crippen molar-refractivity contribution in [3.8, 4) is 0 Å². The van der Waals surface area contributed by atoms with Crippen molar-refractivity contribution in [3.63, 3.8) is 0 Å². The third kappa shape index (κ3) is 60.1. The minimum Gasteiger partial charge on any atom is -0.387 e. The number of aliphatic hydroxyl groups is 1. The molecule has 8 nitrogen and oxygen atoms in total. The number of carbonyl (C=O) groups excluding carboxylic acids is 1. The molecule has 0 aliphatic rings. The summed E-state index contributed by atoms with van der Waals surface area (Å²) in [5.41, 5.74) is 0. The van der Waals surface area contributed by atoms with E-state index in [1.807, 2.05) is 27.2 Å². The summed E-state index contributed by atoms with van der Waals surface area (Å²) in [6, 6.07) is -0.864. The number of phosphoric ester groups is 1. The number of rotatable bonds is 61. The fraction of sp³-hybridized carbons (Fsp3) is 0.866. The number of nitrogens with one attached hydrogen (secondary N) is 1. The number of hydrogen-bond acceptors (Lipinski definition) is 5. The number of nitrogens with zero attached hydrogens (tertiary/aromatic N) is 1. The van der Waals surface area contributed by atoms with Gasteiger partial charge in [0.2, 0.25) is 5.91 Å². The van der Waals surface area contributed by atoms with Crippen molar-refractivity contribution in [2.24, 2.45) is 0 Å². The summed E-state index contributed by atoms with van der Waals surface area (Å²) in [5.74, 6) is -0.183. The van der Waals surface area contributed by atoms with E-state index in [0.29, 0.717) is 17.4 Å². The van der Waals surface area contributed by atoms with Crippen molar-refractivity contribution in [2.75, 3.05) is 40.9 Å². The maximum absolute atomic E-state index is 13.0. The number of quaternary nitrogens is 1. The second kappa shape index (κ2) is 58.1. The summed E-state index contributed by atoms with van der Waals surface area (Å²) in [6.07, 6.45) is 78.2. The molecule has 3 N–H and O–H groups in total. The first kappa shape index (κ1) is 74.5. The molecule has 0 heterocycles. The second-order valence-electron chi connectivity index (χ2n) is 23.8. The molecule has 0 aliphatic carbocycles. The quantitative estimate of drug-likeness (QED) is 0.0243. The van der Waals surface area contributed by atoms with Crippen LogP contribution in [0.3, 0.4) is 0 Å². The van der Waals surface area contributed by atoms with E-state index in [9.17, 15) is 19.4 Å². The van der Waals surface area contributed by atoms with Crippen LogP contribution in [-0.2, 0) is 18.4 Å². The Balaban J connectivity index is 4.04. The van der Waals surface area contributed by atoms with E-state index >= 15 is 0 Å². The molecule has 448 valence electrons. The van der Waals surface area contributed by atoms with Gasteiger partial charge in [-0.1, -0.05) is 300 Å². The lowest BCUT2D eigenvalue weighted by molar-refractivity contribution is -0.870. The summed E-state index contributed by atoms with van der Waals surface area (Å²) in [7, 11) is 1.56. The molecule has 0 saturated heterocycles. The molecule has 0 aromatic rings. The largest absolute Gasteiger partial charge is 0.472 e. The average Bonchev–Trinajstić information content (AvgIpc) is 3.38. The van der Waals surface area contributed by atoms with Gasteiger partial charge < -0.3 is 19.8 Å². The Labute approximate surface area is 473 Å². The third-order valence-corrected chi connectivity index (χ3v) is 16.0. The van der Waals surface area contributed by atoms with Gasteiger partial charge in [0, 0.05) is 6.42 Å². The Kier molecular flexibility index (Phi) is 56.9. The minimum absolute atomic E-state index is 0.0567. The van der Waals surface area contributed by atoms with Gasteiger partial charge in [-0.15, -0.1) is 0 Å². The number of phosphoric acid groups is 1. The van der Waals surface area contributed by atoms with Gasteiger partial charge in [-0.3, -0.25) is 13.8 Å². The highest BCUT2D eigenvalue weighted by molar-refractivity contribution is 7.47. The highest BCUT2D eigenvalue weighted by atomic mass is 31.2. The molecule has 0 fully saturated rings. The van der Waals surface area contributed by atoms with E-state index in [0.717, 1.165) is 44.9 Å². The predicted molar refractivity (Wildman–Crippen MR) is 332 cm³/mol. The monoisotopic (exact) mass is 1090 g/mol. The smallest absolute Gasteiger partial charge is 0.387 e. The van der Waals surface area contributed by atoms with Crippen LogP contribution < -0.4 is 5.32 Å². The number of unbranched alkanes of at least 4 members (excludes halogenated alkanes) is 42. The van der Waals surface area contributed by atoms with E-state index in [-0.39, 0.29) is 19.1 Å². The molecule has 0 bridgehead atoms. The Morgan fingerprint density at radius 3 is 1.13 bits per heavy atom. The highest BCUT2D eigenvalue weighted by Crippen LogP contribution is 2.43. The molecule has 0 saturated carbocycles. The van der Waals surface area contributed by atoms with Crippen molar-refractivity contribution in [1.82, 2.24) is 5.32 Å². The number of carbonyl (C=O) groups is 1. The van der Waals surface area contributed by atoms with Crippen molar-refractivity contribution in [3.05, 3.63) is 48.6 Å². The van der Waals surface area contributed by atoms with Gasteiger partial charge in [-0.25, -0.2) is 4.57 Å². The van der Waals surface area contributed by atoms with Gasteiger partial charge in [-0.05, 0) is 64.2 Å². The Hall–Kier alpha value is -1.54. The fourth-order valence-corrected chi connectivity index (χ4v) is 10.6. The fourth-order valence-electron chi connectivity index (χ4n) is 9.86. The van der Waals surface area contributed by atoms with Crippen LogP contribution in [0, 0.1) is 0 Å². The first-order chi connectivity index (χ1) is 37.0. The van der Waals surface area contributed by atoms with Gasteiger partial charge in [-0.2, -0.15) is 0 Å². The van der Waals surface area contributed by atoms with E-state index < -0.39 is 20.0 Å². The topological polar surface area (TPSA) is 105 Å². The summed E-state index contributed by atoms with van der Waals surface area (Å²) in [4.78, 5) is 23.4. The second-order valence-corrected chi connectivity index (χ2v) is 25.3. The molecule has 9 heteroatoms. The van der Waals surface area contributed by atoms with Crippen LogP contribution >= 0.6 is 7.82 Å². The molecule has 0 aliphatic heterocycles. The van der Waals surface area contributed by atoms with Gasteiger partial charge in [0.25, 0.3) is 0 Å². The van der Waals surface area contributed by atoms with Crippen LogP contribution in [0.15, 0.2) is 48.6 Å². The van der Waals surface area contributed by atoms with Crippen LogP contribution in [0.5, 0.6) is 0 Å². The predicted octanol–water partition coefficient (Wildman–Crippen LogP) is 20.7. The van der Waals surface area contributed by atoms with Crippen LogP contribution in [0.4, 0.5) is 0 Å². The van der Waals surface area contributed by atoms with Crippen molar-refractivity contribution >= 4 is 13.7 Å². The molecule has 3 atom stereocenters. The van der Waals surface area contributed by atoms with Gasteiger partial charge in [0.05, 0.1) is 39.9 Å². The Morgan fingerprint density at radius 2 is 0.763 bits per heavy atom. The number of allylic oxidation sites excluding steroid dienone is 7. The standard InChI is InChI=1S/C67H129N2O6P/c1-6-8-10-12-14-16-18-20-22-24-26-27-28-29-30-31-32-33-34-35-36-37-38-39-40-41-43-45-47-49-51-53-55-57-59-61-67(71)68-65(64-75-76(72,73)74-63-62-69(3,4)5)66(70)60-58-56-54-52-50-48-46-44-42-25-23-21-19-17-15-13-11-9-7-2/h28-29,31-32,50,52,58,60,65-66,70H,6-27,30,33-49,51,53-57,59,61-64H2,1-5H3,(H-,68,71,72,73)/p+1/b29-28-,32-31-,52-50+,60-58+. The molecule has 0 aromatic carbocycles. The zero-order valence-electron chi connectivity index (χ0n) is 51.3. The van der Waals surface area contributed by atoms with Crippen LogP contribution in [0.1, 0.15) is 322 Å². The average molecular weight is 1090 g/mol. The highest BCUT2D eigenvalue weighted by Gasteiger charge is 2.28. The lowest BCUT2D eigenvalue weighted by Gasteiger charge is -2.25. The lowest BCUT2D eigenvalue weighted by atomic mass is 10.0. The normalized spacial score (nSPS) is 14.0. The zero-order valence-corrected chi connectivity index (χ0v) is 52.2. The SMILES string of the molecule is CCCCCCCCCCCCC/C=C\C/C=C\CCCCCCCCCCCCCCCCCCCC(=O)NC(COP(=O)(O)OCC[N+](C)(C)C)C(O)/C=C/CC/C=C/CCCCCCCCCCCCCCC. The van der Waals surface area contributed by atoms with E-state index in [2.05, 4.69) is 55.6 Å². The molecule has 0 radical (unpaired) electrons. The van der Waals surface area contributed by atoms with Gasteiger partial charge >= 0.3 is 7.82 Å². The van der Waals surface area contributed by atoms with Gasteiger partial charge in [0.1, 0.15) is 13.2 Å². The number of hydrogen-bond donors (Lipinski definition) is 3. The molecule has 1 amide bonds. The van der Waals surface area contributed by atoms with E-state index in [1.165, 1.54) is 257 Å². The zero-order chi connectivity index (χ0) is 55.6. The number of likely N-dealkylation sites (N-methyl/N-ethyl adjacent to an activating group) is 1. The lowest BCUT2D eigenvalue weighted by Crippen LogP contribution is -2.45. The summed E-state index contributed by atoms with van der Waals surface area (Å²) in [6.45, 7) is 4.83. The number of aliphatic hydroxyl groups excluding tert-OH is 1. The minimum atomic E-state index is -4.36. The molecule has 0 rings (SSSR count). The summed E-state index contributed by atoms with van der Waals surface area (Å²) in [5, 5.41) is 13.9. The molecular formula is C67H130N2O6P+. The molecular weight excluding hydrogens is 960 g/mol. The molecule has 76 heavy (non-hydrogen) atoms. The van der Waals surface area contributed by atoms with Crippen LogP contribution in [-0.4, -0.2) is 73.4 Å². The first-order valence-corrected chi connectivity index (χ1v) is 34.5. The third-order valence-electron chi connectivity index (χ3n) is 15.0. The maximum atomic E-state index is 13.0. The Morgan fingerprint density at radius 1 is 0.447 bits per heavy atom. The van der Waals surface area contributed by atoms with Crippen LogP contribution in [0.25, 0.3) is 0 Å². The van der Waals surface area contributed by atoms with E-state index in [1.54, 1.807) is 6.08 Å². The van der Waals surface area contributed by atoms with Crippen molar-refractivity contribution < 1.29 is 32.9 Å². The molecule has 3 unspecified atom stereocenters.